The van der Waals surface area contributed by atoms with Crippen LogP contribution in [0.25, 0.3) is 0 Å². The number of hydrogen-bond acceptors (Lipinski definition) is 7. The van der Waals surface area contributed by atoms with E-state index in [2.05, 4.69) is 5.32 Å². The Morgan fingerprint density at radius 2 is 1.97 bits per heavy atom. The van der Waals surface area contributed by atoms with Crippen LogP contribution in [-0.4, -0.2) is 104 Å². The molecule has 204 valence electrons. The molecule has 3 fully saturated rings. The molecule has 3 saturated heterocycles. The van der Waals surface area contributed by atoms with Gasteiger partial charge in [-0.25, -0.2) is 0 Å². The lowest BCUT2D eigenvalue weighted by Gasteiger charge is -2.31. The van der Waals surface area contributed by atoms with Crippen molar-refractivity contribution in [1.82, 2.24) is 20.0 Å². The molecule has 3 aliphatic rings. The standard InChI is InChI=1S/C28H36N4O5S/c1-36-22-9-7-20(8-10-22)26(33)31(19-23-5-2-15-37-23)21-17-24(27(34)30-13-4-11-29-12-14-30)32(18-21)28(35)25-6-3-16-38-25/h3,6-10,16,21,23-24,29H,2,4-5,11-15,17-19H2,1H3. The fourth-order valence-electron chi connectivity index (χ4n) is 5.62. The topological polar surface area (TPSA) is 91.4 Å². The van der Waals surface area contributed by atoms with Gasteiger partial charge in [0.05, 0.1) is 24.1 Å². The smallest absolute Gasteiger partial charge is 0.264 e. The molecule has 1 aromatic heterocycles. The van der Waals surface area contributed by atoms with Crippen LogP contribution in [0.4, 0.5) is 0 Å². The maximum absolute atomic E-state index is 13.9. The van der Waals surface area contributed by atoms with E-state index in [0.29, 0.717) is 55.4 Å². The molecule has 0 spiro atoms. The summed E-state index contributed by atoms with van der Waals surface area (Å²) in [5.74, 6) is 0.375. The van der Waals surface area contributed by atoms with Crippen molar-refractivity contribution in [1.29, 1.82) is 0 Å². The molecule has 4 heterocycles. The number of benzene rings is 1. The van der Waals surface area contributed by atoms with Crippen LogP contribution in [0, 0.1) is 0 Å². The van der Waals surface area contributed by atoms with E-state index in [4.69, 9.17) is 9.47 Å². The van der Waals surface area contributed by atoms with Gasteiger partial charge in [0.25, 0.3) is 11.8 Å². The number of carbonyl (C=O) groups is 3. The Bertz CT molecular complexity index is 1090. The molecule has 9 nitrogen and oxygen atoms in total. The Morgan fingerprint density at radius 3 is 2.68 bits per heavy atom. The van der Waals surface area contributed by atoms with Gasteiger partial charge in [0, 0.05) is 44.9 Å². The third-order valence-corrected chi connectivity index (χ3v) is 8.53. The van der Waals surface area contributed by atoms with Crippen LogP contribution in [0.2, 0.25) is 0 Å². The quantitative estimate of drug-likeness (QED) is 0.580. The summed E-state index contributed by atoms with van der Waals surface area (Å²) in [6.45, 7) is 4.33. The van der Waals surface area contributed by atoms with Crippen molar-refractivity contribution in [3.8, 4) is 5.75 Å². The zero-order valence-corrected chi connectivity index (χ0v) is 22.7. The van der Waals surface area contributed by atoms with Crippen molar-refractivity contribution < 1.29 is 23.9 Å². The van der Waals surface area contributed by atoms with E-state index in [0.717, 1.165) is 32.4 Å². The van der Waals surface area contributed by atoms with Gasteiger partial charge in [0.1, 0.15) is 11.8 Å². The van der Waals surface area contributed by atoms with Gasteiger partial charge in [-0.15, -0.1) is 11.3 Å². The first-order chi connectivity index (χ1) is 18.5. The molecule has 2 aromatic rings. The number of carbonyl (C=O) groups excluding carboxylic acids is 3. The first-order valence-electron chi connectivity index (χ1n) is 13.5. The van der Waals surface area contributed by atoms with Gasteiger partial charge in [-0.1, -0.05) is 6.07 Å². The molecular weight excluding hydrogens is 504 g/mol. The van der Waals surface area contributed by atoms with Crippen LogP contribution in [-0.2, 0) is 9.53 Å². The van der Waals surface area contributed by atoms with Gasteiger partial charge in [-0.05, 0) is 67.9 Å². The normalized spacial score (nSPS) is 23.8. The summed E-state index contributed by atoms with van der Waals surface area (Å²) >= 11 is 1.37. The molecule has 3 unspecified atom stereocenters. The van der Waals surface area contributed by atoms with E-state index in [1.807, 2.05) is 21.2 Å². The molecular formula is C28H36N4O5S. The number of likely N-dealkylation sites (tertiary alicyclic amines) is 1. The minimum absolute atomic E-state index is 0.0323. The summed E-state index contributed by atoms with van der Waals surface area (Å²) in [4.78, 5) is 47.3. The maximum Gasteiger partial charge on any atom is 0.264 e. The van der Waals surface area contributed by atoms with Crippen LogP contribution in [0.1, 0.15) is 45.7 Å². The zero-order chi connectivity index (χ0) is 26.5. The van der Waals surface area contributed by atoms with Gasteiger partial charge in [-0.2, -0.15) is 0 Å². The molecule has 0 aliphatic carbocycles. The number of nitrogens with zero attached hydrogens (tertiary/aromatic N) is 3. The Morgan fingerprint density at radius 1 is 1.13 bits per heavy atom. The van der Waals surface area contributed by atoms with Gasteiger partial charge in [0.2, 0.25) is 5.91 Å². The second kappa shape index (κ2) is 12.3. The van der Waals surface area contributed by atoms with E-state index >= 15 is 0 Å². The lowest BCUT2D eigenvalue weighted by molar-refractivity contribution is -0.135. The summed E-state index contributed by atoms with van der Waals surface area (Å²) in [6.07, 6.45) is 3.09. The fourth-order valence-corrected chi connectivity index (χ4v) is 6.30. The molecule has 3 amide bonds. The van der Waals surface area contributed by atoms with Crippen LogP contribution in [0.5, 0.6) is 5.75 Å². The van der Waals surface area contributed by atoms with Crippen molar-refractivity contribution in [2.24, 2.45) is 0 Å². The second-order valence-corrected chi connectivity index (χ2v) is 11.0. The highest BCUT2D eigenvalue weighted by molar-refractivity contribution is 7.12. The Hall–Kier alpha value is -2.95. The molecule has 1 aromatic carbocycles. The molecule has 3 aliphatic heterocycles. The van der Waals surface area contributed by atoms with Crippen LogP contribution >= 0.6 is 11.3 Å². The number of ether oxygens (including phenoxy) is 2. The average molecular weight is 541 g/mol. The van der Waals surface area contributed by atoms with Gasteiger partial charge in [-0.3, -0.25) is 14.4 Å². The third kappa shape index (κ3) is 5.87. The molecule has 0 bridgehead atoms. The molecule has 0 radical (unpaired) electrons. The summed E-state index contributed by atoms with van der Waals surface area (Å²) in [5.41, 5.74) is 0.549. The summed E-state index contributed by atoms with van der Waals surface area (Å²) in [5, 5.41) is 5.21. The zero-order valence-electron chi connectivity index (χ0n) is 21.8. The fraction of sp³-hybridized carbons (Fsp3) is 0.536. The molecule has 3 atom stereocenters. The lowest BCUT2D eigenvalue weighted by atomic mass is 10.1. The predicted molar refractivity (Wildman–Crippen MR) is 145 cm³/mol. The highest BCUT2D eigenvalue weighted by atomic mass is 32.1. The highest BCUT2D eigenvalue weighted by Gasteiger charge is 2.45. The number of rotatable bonds is 7. The summed E-state index contributed by atoms with van der Waals surface area (Å²) in [6, 6.07) is 9.82. The second-order valence-electron chi connectivity index (χ2n) is 10.1. The Labute approximate surface area is 227 Å². The maximum atomic E-state index is 13.9. The van der Waals surface area contributed by atoms with Crippen LogP contribution in [0.15, 0.2) is 41.8 Å². The van der Waals surface area contributed by atoms with Crippen molar-refractivity contribution in [2.75, 3.05) is 53.0 Å². The van der Waals surface area contributed by atoms with Crippen molar-refractivity contribution >= 4 is 29.1 Å². The minimum Gasteiger partial charge on any atom is -0.497 e. The molecule has 1 N–H and O–H groups in total. The number of amides is 3. The lowest BCUT2D eigenvalue weighted by Crippen LogP contribution is -2.48. The van der Waals surface area contributed by atoms with Crippen LogP contribution < -0.4 is 10.1 Å². The average Bonchev–Trinajstić information content (AvgIpc) is 3.71. The summed E-state index contributed by atoms with van der Waals surface area (Å²) < 4.78 is 11.2. The largest absolute Gasteiger partial charge is 0.497 e. The third-order valence-electron chi connectivity index (χ3n) is 7.67. The van der Waals surface area contributed by atoms with Gasteiger partial charge >= 0.3 is 0 Å². The first-order valence-corrected chi connectivity index (χ1v) is 14.3. The van der Waals surface area contributed by atoms with E-state index in [-0.39, 0.29) is 29.9 Å². The molecule has 38 heavy (non-hydrogen) atoms. The highest BCUT2D eigenvalue weighted by Crippen LogP contribution is 2.30. The monoisotopic (exact) mass is 540 g/mol. The summed E-state index contributed by atoms with van der Waals surface area (Å²) in [7, 11) is 1.59. The minimum atomic E-state index is -0.608. The van der Waals surface area contributed by atoms with E-state index in [1.54, 1.807) is 42.3 Å². The molecule has 5 rings (SSSR count). The number of hydrogen-bond donors (Lipinski definition) is 1. The number of nitrogens with one attached hydrogen (secondary N) is 1. The van der Waals surface area contributed by atoms with Gasteiger partial charge < -0.3 is 29.5 Å². The van der Waals surface area contributed by atoms with Crippen LogP contribution in [0.3, 0.4) is 0 Å². The Balaban J connectivity index is 1.43. The van der Waals surface area contributed by atoms with Crippen molar-refractivity contribution in [2.45, 2.75) is 43.9 Å². The predicted octanol–water partition coefficient (Wildman–Crippen LogP) is 2.48. The number of methoxy groups -OCH3 is 1. The first kappa shape index (κ1) is 26.6. The van der Waals surface area contributed by atoms with Gasteiger partial charge in [0.15, 0.2) is 0 Å². The van der Waals surface area contributed by atoms with E-state index in [9.17, 15) is 14.4 Å². The van der Waals surface area contributed by atoms with Crippen molar-refractivity contribution in [3.05, 3.63) is 52.2 Å². The van der Waals surface area contributed by atoms with E-state index < -0.39 is 6.04 Å². The van der Waals surface area contributed by atoms with Crippen molar-refractivity contribution in [3.63, 3.8) is 0 Å². The SMILES string of the molecule is COc1ccc(C(=O)N(CC2CCCO2)C2CC(C(=O)N3CCCNCC3)N(C(=O)c3cccs3)C2)cc1. The number of thiophene rings is 1. The Kier molecular flexibility index (Phi) is 8.61. The molecule has 0 saturated carbocycles. The van der Waals surface area contributed by atoms with E-state index in [1.165, 1.54) is 11.3 Å². The molecule has 10 heteroatoms.